The number of aromatic nitrogens is 3. The Hall–Kier alpha value is -1.73. The van der Waals surface area contributed by atoms with Crippen LogP contribution in [0.5, 0.6) is 0 Å². The molecule has 0 bridgehead atoms. The Morgan fingerprint density at radius 2 is 2.31 bits per heavy atom. The summed E-state index contributed by atoms with van der Waals surface area (Å²) in [5.41, 5.74) is 7.31. The summed E-state index contributed by atoms with van der Waals surface area (Å²) in [5, 5.41) is 10.4. The molecule has 0 fully saturated rings. The molecule has 2 rings (SSSR count). The van der Waals surface area contributed by atoms with Crippen molar-refractivity contribution < 1.29 is 4.79 Å². The minimum atomic E-state index is -0.354. The number of amides is 1. The van der Waals surface area contributed by atoms with E-state index in [1.807, 2.05) is 0 Å². The number of nitrogens with one attached hydrogen (secondary N) is 1. The Balaban J connectivity index is 2.21. The first kappa shape index (κ1) is 10.8. The molecule has 1 amide bonds. The summed E-state index contributed by atoms with van der Waals surface area (Å²) in [6, 6.07) is 2.86. The van der Waals surface area contributed by atoms with Gasteiger partial charge in [-0.15, -0.1) is 10.2 Å². The first-order valence-corrected chi connectivity index (χ1v) is 5.41. The second-order valence-electron chi connectivity index (χ2n) is 2.80. The number of nitrogen functional groups attached to an aromatic ring is 1. The van der Waals surface area contributed by atoms with E-state index in [0.717, 1.165) is 0 Å². The lowest BCUT2D eigenvalue weighted by molar-refractivity contribution is 0.102. The fourth-order valence-electron chi connectivity index (χ4n) is 1.05. The minimum Gasteiger partial charge on any atom is -0.384 e. The monoisotopic (exact) mass is 255 g/mol. The maximum Gasteiger partial charge on any atom is 0.257 e. The fraction of sp³-hybridized carbons (Fsp3) is 0. The Morgan fingerprint density at radius 3 is 2.94 bits per heavy atom. The number of carbonyl (C=O) groups excluding carboxylic acids is 1. The van der Waals surface area contributed by atoms with Gasteiger partial charge in [-0.1, -0.05) is 22.9 Å². The molecule has 0 atom stereocenters. The summed E-state index contributed by atoms with van der Waals surface area (Å²) in [7, 11) is 0. The lowest BCUT2D eigenvalue weighted by atomic mass is 10.2. The highest BCUT2D eigenvalue weighted by Crippen LogP contribution is 2.15. The third kappa shape index (κ3) is 2.44. The molecule has 0 aliphatic heterocycles. The van der Waals surface area contributed by atoms with Crippen molar-refractivity contribution in [3.8, 4) is 0 Å². The van der Waals surface area contributed by atoms with Gasteiger partial charge in [0, 0.05) is 5.56 Å². The van der Waals surface area contributed by atoms with Crippen molar-refractivity contribution in [2.45, 2.75) is 0 Å². The van der Waals surface area contributed by atoms with Crippen LogP contribution in [0.15, 0.2) is 17.6 Å². The molecule has 8 heteroatoms. The number of nitrogens with zero attached hydrogens (tertiary/aromatic N) is 3. The zero-order valence-corrected chi connectivity index (χ0v) is 9.42. The first-order valence-electron chi connectivity index (χ1n) is 4.16. The van der Waals surface area contributed by atoms with Gasteiger partial charge in [-0.05, 0) is 12.1 Å². The van der Waals surface area contributed by atoms with Crippen LogP contribution < -0.4 is 11.1 Å². The van der Waals surface area contributed by atoms with Crippen LogP contribution in [0.2, 0.25) is 5.15 Å². The molecule has 0 aromatic carbocycles. The predicted octanol–water partition coefficient (Wildman–Crippen LogP) is 1.42. The van der Waals surface area contributed by atoms with Gasteiger partial charge in [-0.3, -0.25) is 10.1 Å². The van der Waals surface area contributed by atoms with Crippen LogP contribution in [0.25, 0.3) is 0 Å². The highest BCUT2D eigenvalue weighted by atomic mass is 35.5. The molecule has 2 heterocycles. The Bertz CT molecular complexity index is 495. The van der Waals surface area contributed by atoms with Crippen molar-refractivity contribution >= 4 is 39.8 Å². The average molecular weight is 256 g/mol. The molecule has 6 nitrogen and oxygen atoms in total. The lowest BCUT2D eigenvalue weighted by Crippen LogP contribution is -2.12. The van der Waals surface area contributed by atoms with Gasteiger partial charge in [0.15, 0.2) is 0 Å². The fourth-order valence-corrected chi connectivity index (χ4v) is 1.70. The lowest BCUT2D eigenvalue weighted by Gasteiger charge is -2.02. The van der Waals surface area contributed by atoms with Gasteiger partial charge in [-0.25, -0.2) is 4.98 Å². The number of pyridine rings is 1. The molecule has 0 saturated carbocycles. The summed E-state index contributed by atoms with van der Waals surface area (Å²) >= 11 is 6.90. The zero-order valence-electron chi connectivity index (χ0n) is 7.85. The molecule has 0 spiro atoms. The van der Waals surface area contributed by atoms with Crippen molar-refractivity contribution in [1.29, 1.82) is 0 Å². The molecule has 0 aliphatic carbocycles. The van der Waals surface area contributed by atoms with E-state index >= 15 is 0 Å². The van der Waals surface area contributed by atoms with E-state index in [1.165, 1.54) is 29.0 Å². The minimum absolute atomic E-state index is 0.169. The summed E-state index contributed by atoms with van der Waals surface area (Å²) < 4.78 is 0. The Kier molecular flexibility index (Phi) is 2.97. The average Bonchev–Trinajstić information content (AvgIpc) is 2.68. The third-order valence-corrected chi connectivity index (χ3v) is 2.46. The number of halogens is 1. The molecule has 16 heavy (non-hydrogen) atoms. The van der Waals surface area contributed by atoms with Crippen molar-refractivity contribution in [3.05, 3.63) is 28.4 Å². The maximum absolute atomic E-state index is 11.7. The van der Waals surface area contributed by atoms with Gasteiger partial charge in [0.1, 0.15) is 16.5 Å². The van der Waals surface area contributed by atoms with Crippen LogP contribution >= 0.6 is 22.9 Å². The molecule has 0 saturated heterocycles. The number of anilines is 2. The van der Waals surface area contributed by atoms with E-state index in [2.05, 4.69) is 20.5 Å². The van der Waals surface area contributed by atoms with Gasteiger partial charge >= 0.3 is 0 Å². The smallest absolute Gasteiger partial charge is 0.257 e. The molecule has 0 radical (unpaired) electrons. The van der Waals surface area contributed by atoms with Crippen molar-refractivity contribution in [2.75, 3.05) is 11.1 Å². The third-order valence-electron chi connectivity index (χ3n) is 1.66. The van der Waals surface area contributed by atoms with Gasteiger partial charge in [0.05, 0.1) is 0 Å². The van der Waals surface area contributed by atoms with E-state index in [4.69, 9.17) is 17.3 Å². The number of hydrogen-bond acceptors (Lipinski definition) is 6. The van der Waals surface area contributed by atoms with Crippen LogP contribution in [0.1, 0.15) is 10.4 Å². The van der Waals surface area contributed by atoms with Crippen LogP contribution in [-0.4, -0.2) is 21.1 Å². The van der Waals surface area contributed by atoms with Gasteiger partial charge < -0.3 is 5.73 Å². The Morgan fingerprint density at radius 1 is 1.50 bits per heavy atom. The number of hydrogen-bond donors (Lipinski definition) is 2. The van der Waals surface area contributed by atoms with Crippen molar-refractivity contribution in [3.63, 3.8) is 0 Å². The normalized spacial score (nSPS) is 10.1. The summed E-state index contributed by atoms with van der Waals surface area (Å²) in [6.07, 6.45) is 0. The molecule has 2 aromatic rings. The number of carbonyl (C=O) groups is 1. The van der Waals surface area contributed by atoms with Gasteiger partial charge in [0.25, 0.3) is 5.91 Å². The largest absolute Gasteiger partial charge is 0.384 e. The number of rotatable bonds is 2. The van der Waals surface area contributed by atoms with Crippen LogP contribution in [0.3, 0.4) is 0 Å². The van der Waals surface area contributed by atoms with Crippen LogP contribution in [0, 0.1) is 0 Å². The highest BCUT2D eigenvalue weighted by Gasteiger charge is 2.10. The van der Waals surface area contributed by atoms with E-state index in [0.29, 0.717) is 10.7 Å². The van der Waals surface area contributed by atoms with E-state index in [9.17, 15) is 4.79 Å². The standard InChI is InChI=1S/C8H6ClN5OS/c9-5-1-4(2-6(10)12-5)7(15)13-8-14-11-3-16-8/h1-3H,(H2,10,12)(H,13,14,15). The molecular formula is C8H6ClN5OS. The second-order valence-corrected chi connectivity index (χ2v) is 4.02. The number of nitrogens with two attached hydrogens (primary N) is 1. The topological polar surface area (TPSA) is 93.8 Å². The van der Waals surface area contributed by atoms with E-state index in [-0.39, 0.29) is 16.9 Å². The molecule has 2 aromatic heterocycles. The predicted molar refractivity (Wildman–Crippen MR) is 61.5 cm³/mol. The molecule has 0 aliphatic rings. The van der Waals surface area contributed by atoms with E-state index in [1.54, 1.807) is 0 Å². The van der Waals surface area contributed by atoms with E-state index < -0.39 is 0 Å². The van der Waals surface area contributed by atoms with Gasteiger partial charge in [-0.2, -0.15) is 0 Å². The SMILES string of the molecule is Nc1cc(C(=O)Nc2nncs2)cc(Cl)n1. The molecule has 0 unspecified atom stereocenters. The maximum atomic E-state index is 11.7. The molecular weight excluding hydrogens is 250 g/mol. The Labute approximate surface area is 99.5 Å². The van der Waals surface area contributed by atoms with Crippen LogP contribution in [0.4, 0.5) is 10.9 Å². The van der Waals surface area contributed by atoms with Crippen molar-refractivity contribution in [2.24, 2.45) is 0 Å². The summed E-state index contributed by atoms with van der Waals surface area (Å²) in [6.45, 7) is 0. The highest BCUT2D eigenvalue weighted by molar-refractivity contribution is 7.13. The first-order chi connectivity index (χ1) is 7.65. The molecule has 82 valence electrons. The quantitative estimate of drug-likeness (QED) is 0.792. The van der Waals surface area contributed by atoms with Crippen molar-refractivity contribution in [1.82, 2.24) is 15.2 Å². The van der Waals surface area contributed by atoms with Gasteiger partial charge in [0.2, 0.25) is 5.13 Å². The summed E-state index contributed by atoms with van der Waals surface area (Å²) in [5.74, 6) is -0.164. The second kappa shape index (κ2) is 4.42. The zero-order chi connectivity index (χ0) is 11.5. The molecule has 3 N–H and O–H groups in total. The summed E-state index contributed by atoms with van der Waals surface area (Å²) in [4.78, 5) is 15.5. The van der Waals surface area contributed by atoms with Crippen LogP contribution in [-0.2, 0) is 0 Å².